The van der Waals surface area contributed by atoms with Gasteiger partial charge in [0.15, 0.2) is 0 Å². The molecule has 148 valence electrons. The lowest BCUT2D eigenvalue weighted by Crippen LogP contribution is -2.23. The van der Waals surface area contributed by atoms with Gasteiger partial charge in [0.2, 0.25) is 0 Å². The Labute approximate surface area is 171 Å². The number of anilines is 2. The Hall–Kier alpha value is -4.32. The van der Waals surface area contributed by atoms with Crippen LogP contribution in [0.2, 0.25) is 0 Å². The fourth-order valence-corrected chi connectivity index (χ4v) is 3.28. The highest BCUT2D eigenvalue weighted by molar-refractivity contribution is 5.64. The summed E-state index contributed by atoms with van der Waals surface area (Å²) >= 11 is 0. The molecular formula is C21H18N8O. The molecule has 0 aliphatic heterocycles. The van der Waals surface area contributed by atoms with Crippen LogP contribution < -0.4 is 16.6 Å². The molecule has 0 aliphatic rings. The predicted octanol–water partition coefficient (Wildman–Crippen LogP) is 1.96. The van der Waals surface area contributed by atoms with Crippen molar-refractivity contribution in [3.63, 3.8) is 0 Å². The van der Waals surface area contributed by atoms with Crippen LogP contribution >= 0.6 is 0 Å². The molecule has 0 bridgehead atoms. The Balaban J connectivity index is 1.75. The number of hydrogen-bond donors (Lipinski definition) is 2. The number of nitrogens with two attached hydrogens (primary N) is 1. The highest BCUT2D eigenvalue weighted by Crippen LogP contribution is 2.19. The van der Waals surface area contributed by atoms with Crippen molar-refractivity contribution in [2.75, 3.05) is 17.6 Å². The summed E-state index contributed by atoms with van der Waals surface area (Å²) in [5.41, 5.74) is 8.73. The molecule has 9 heteroatoms. The molecule has 0 fully saturated rings. The van der Waals surface area contributed by atoms with E-state index < -0.39 is 0 Å². The molecule has 0 atom stereocenters. The minimum atomic E-state index is -0.171. The normalized spacial score (nSPS) is 10.7. The second-order valence-corrected chi connectivity index (χ2v) is 6.59. The predicted molar refractivity (Wildman–Crippen MR) is 113 cm³/mol. The van der Waals surface area contributed by atoms with Crippen molar-refractivity contribution in [3.8, 4) is 17.3 Å². The first-order chi connectivity index (χ1) is 14.6. The molecule has 0 amide bonds. The van der Waals surface area contributed by atoms with E-state index in [0.717, 1.165) is 5.69 Å². The lowest BCUT2D eigenvalue weighted by atomic mass is 10.1. The maximum atomic E-state index is 13.3. The molecule has 4 aromatic rings. The number of pyridine rings is 2. The van der Waals surface area contributed by atoms with Gasteiger partial charge in [0.25, 0.3) is 5.56 Å². The number of nitrogen functional groups attached to an aromatic ring is 1. The lowest BCUT2D eigenvalue weighted by molar-refractivity contribution is 0.909. The zero-order valence-corrected chi connectivity index (χ0v) is 16.2. The average molecular weight is 398 g/mol. The number of rotatable bonds is 5. The van der Waals surface area contributed by atoms with Gasteiger partial charge in [0.1, 0.15) is 35.2 Å². The fraction of sp³-hybridized carbons (Fsp3) is 0.143. The Morgan fingerprint density at radius 3 is 2.80 bits per heavy atom. The van der Waals surface area contributed by atoms with E-state index in [1.54, 1.807) is 28.8 Å². The quantitative estimate of drug-likeness (QED) is 0.521. The minimum absolute atomic E-state index is 0.113. The first-order valence-corrected chi connectivity index (χ1v) is 9.27. The van der Waals surface area contributed by atoms with E-state index in [1.165, 1.54) is 6.33 Å². The molecule has 9 nitrogen and oxygen atoms in total. The van der Waals surface area contributed by atoms with Gasteiger partial charge in [-0.2, -0.15) is 5.26 Å². The van der Waals surface area contributed by atoms with Gasteiger partial charge < -0.3 is 11.1 Å². The Bertz CT molecular complexity index is 1320. The highest BCUT2D eigenvalue weighted by atomic mass is 16.1. The third-order valence-corrected chi connectivity index (χ3v) is 4.68. The number of nitrogens with one attached hydrogen (secondary N) is 1. The lowest BCUT2D eigenvalue weighted by Gasteiger charge is -2.13. The van der Waals surface area contributed by atoms with Crippen LogP contribution in [0.3, 0.4) is 0 Å². The van der Waals surface area contributed by atoms with E-state index in [2.05, 4.69) is 20.3 Å². The van der Waals surface area contributed by atoms with Crippen molar-refractivity contribution in [2.24, 2.45) is 0 Å². The van der Waals surface area contributed by atoms with Crippen molar-refractivity contribution in [3.05, 3.63) is 76.2 Å². The molecule has 0 unspecified atom stereocenters. The van der Waals surface area contributed by atoms with Crippen molar-refractivity contribution in [1.82, 2.24) is 24.3 Å². The maximum Gasteiger partial charge on any atom is 0.267 e. The second-order valence-electron chi connectivity index (χ2n) is 6.59. The van der Waals surface area contributed by atoms with Crippen LogP contribution in [0, 0.1) is 18.3 Å². The standard InChI is InChI=1S/C21H18N8O/c1-13-5-4-7-17-28-16(8-10-25-20-14(11-22)19(23)26-12-27-20)18(21(30)29(13)17)15-6-2-3-9-24-15/h2-7,9,12H,8,10H2,1H3,(H3,23,25,26,27). The molecule has 0 saturated heterocycles. The summed E-state index contributed by atoms with van der Waals surface area (Å²) in [5, 5.41) is 12.4. The van der Waals surface area contributed by atoms with Crippen LogP contribution in [0.1, 0.15) is 17.0 Å². The molecule has 4 aromatic heterocycles. The first-order valence-electron chi connectivity index (χ1n) is 9.27. The summed E-state index contributed by atoms with van der Waals surface area (Å²) in [6.07, 6.45) is 3.36. The fourth-order valence-electron chi connectivity index (χ4n) is 3.28. The molecule has 30 heavy (non-hydrogen) atoms. The number of hydrogen-bond acceptors (Lipinski definition) is 8. The zero-order valence-electron chi connectivity index (χ0n) is 16.2. The van der Waals surface area contributed by atoms with Crippen LogP contribution in [0.25, 0.3) is 16.9 Å². The van der Waals surface area contributed by atoms with Gasteiger partial charge >= 0.3 is 0 Å². The third-order valence-electron chi connectivity index (χ3n) is 4.68. The summed E-state index contributed by atoms with van der Waals surface area (Å²) < 4.78 is 1.58. The van der Waals surface area contributed by atoms with Crippen LogP contribution in [0.5, 0.6) is 0 Å². The molecule has 0 aromatic carbocycles. The van der Waals surface area contributed by atoms with E-state index in [9.17, 15) is 10.1 Å². The van der Waals surface area contributed by atoms with E-state index in [4.69, 9.17) is 10.7 Å². The zero-order chi connectivity index (χ0) is 21.1. The summed E-state index contributed by atoms with van der Waals surface area (Å²) in [4.78, 5) is 30.3. The monoisotopic (exact) mass is 398 g/mol. The van der Waals surface area contributed by atoms with Gasteiger partial charge in [-0.1, -0.05) is 12.1 Å². The Kier molecular flexibility index (Phi) is 5.05. The number of aryl methyl sites for hydroxylation is 1. The van der Waals surface area contributed by atoms with Crippen LogP contribution in [-0.2, 0) is 6.42 Å². The number of aromatic nitrogens is 5. The number of nitrogens with zero attached hydrogens (tertiary/aromatic N) is 6. The van der Waals surface area contributed by atoms with Gasteiger partial charge in [0.05, 0.1) is 17.0 Å². The number of nitriles is 1. The van der Waals surface area contributed by atoms with Crippen molar-refractivity contribution in [2.45, 2.75) is 13.3 Å². The van der Waals surface area contributed by atoms with Crippen LogP contribution in [0.4, 0.5) is 11.6 Å². The van der Waals surface area contributed by atoms with Crippen molar-refractivity contribution < 1.29 is 0 Å². The molecule has 0 aliphatic carbocycles. The first kappa shape index (κ1) is 19.0. The van der Waals surface area contributed by atoms with Crippen molar-refractivity contribution in [1.29, 1.82) is 5.26 Å². The molecular weight excluding hydrogens is 380 g/mol. The smallest absolute Gasteiger partial charge is 0.267 e. The van der Waals surface area contributed by atoms with E-state index in [-0.39, 0.29) is 16.9 Å². The SMILES string of the molecule is Cc1cccc2nc(CCNc3ncnc(N)c3C#N)c(-c3ccccn3)c(=O)n12. The minimum Gasteiger partial charge on any atom is -0.382 e. The largest absolute Gasteiger partial charge is 0.382 e. The Morgan fingerprint density at radius 2 is 2.03 bits per heavy atom. The highest BCUT2D eigenvalue weighted by Gasteiger charge is 2.17. The van der Waals surface area contributed by atoms with Crippen molar-refractivity contribution >= 4 is 17.3 Å². The summed E-state index contributed by atoms with van der Waals surface area (Å²) in [7, 11) is 0. The van der Waals surface area contributed by atoms with Gasteiger partial charge in [0, 0.05) is 24.9 Å². The summed E-state index contributed by atoms with van der Waals surface area (Å²) in [6.45, 7) is 2.25. The molecule has 0 saturated carbocycles. The maximum absolute atomic E-state index is 13.3. The van der Waals surface area contributed by atoms with Crippen LogP contribution in [-0.4, -0.2) is 30.9 Å². The average Bonchev–Trinajstić information content (AvgIpc) is 2.74. The van der Waals surface area contributed by atoms with Gasteiger partial charge in [-0.05, 0) is 31.2 Å². The topological polar surface area (TPSA) is 135 Å². The van der Waals surface area contributed by atoms with E-state index in [1.807, 2.05) is 31.2 Å². The Morgan fingerprint density at radius 1 is 1.17 bits per heavy atom. The van der Waals surface area contributed by atoms with Gasteiger partial charge in [-0.15, -0.1) is 0 Å². The van der Waals surface area contributed by atoms with Gasteiger partial charge in [-0.3, -0.25) is 14.2 Å². The molecule has 4 rings (SSSR count). The third kappa shape index (κ3) is 3.42. The van der Waals surface area contributed by atoms with Gasteiger partial charge in [-0.25, -0.2) is 15.0 Å². The molecule has 0 radical (unpaired) electrons. The molecule has 4 heterocycles. The van der Waals surface area contributed by atoms with E-state index in [0.29, 0.717) is 41.4 Å². The number of fused-ring (bicyclic) bond motifs is 1. The summed E-state index contributed by atoms with van der Waals surface area (Å²) in [5.74, 6) is 0.458. The summed E-state index contributed by atoms with van der Waals surface area (Å²) in [6, 6.07) is 12.9. The molecule has 0 spiro atoms. The second kappa shape index (κ2) is 7.97. The van der Waals surface area contributed by atoms with Crippen LogP contribution in [0.15, 0.2) is 53.7 Å². The molecule has 3 N–H and O–H groups in total. The van der Waals surface area contributed by atoms with E-state index >= 15 is 0 Å².